The molecule has 1 aromatic heterocycles. The van der Waals surface area contributed by atoms with Crippen LogP contribution in [0.4, 0.5) is 0 Å². The van der Waals surface area contributed by atoms with E-state index in [1.54, 1.807) is 31.4 Å². The van der Waals surface area contributed by atoms with Crippen molar-refractivity contribution in [1.82, 2.24) is 9.78 Å². The van der Waals surface area contributed by atoms with Crippen LogP contribution in [0.1, 0.15) is 0 Å². The van der Waals surface area contributed by atoms with Crippen LogP contribution in [0.2, 0.25) is 5.02 Å². The third-order valence-electron chi connectivity index (χ3n) is 2.08. The van der Waals surface area contributed by atoms with Gasteiger partial charge in [-0.25, -0.2) is 0 Å². The summed E-state index contributed by atoms with van der Waals surface area (Å²) in [5.41, 5.74) is 0.403. The normalized spacial score (nSPS) is 10.1. The van der Waals surface area contributed by atoms with E-state index in [0.29, 0.717) is 10.7 Å². The number of aromatic nitrogens is 2. The molecule has 1 aromatic carbocycles. The Morgan fingerprint density at radius 1 is 1.31 bits per heavy atom. The van der Waals surface area contributed by atoms with Gasteiger partial charge < -0.3 is 4.74 Å². The summed E-state index contributed by atoms with van der Waals surface area (Å²) >= 11 is 5.66. The summed E-state index contributed by atoms with van der Waals surface area (Å²) in [6, 6.07) is 8.34. The Morgan fingerprint density at radius 3 is 2.56 bits per heavy atom. The highest BCUT2D eigenvalue weighted by Gasteiger charge is 2.01. The summed E-state index contributed by atoms with van der Waals surface area (Å²) in [5, 5.41) is 4.26. The average Bonchev–Trinajstić information content (AvgIpc) is 2.29. The Kier molecular flexibility index (Phi) is 2.92. The van der Waals surface area contributed by atoms with Crippen LogP contribution in [0.5, 0.6) is 5.75 Å². The van der Waals surface area contributed by atoms with Crippen LogP contribution in [0.3, 0.4) is 0 Å². The molecular formula is C11H9ClN2O2. The highest BCUT2D eigenvalue weighted by Crippen LogP contribution is 2.13. The van der Waals surface area contributed by atoms with Gasteiger partial charge in [0.15, 0.2) is 0 Å². The molecular weight excluding hydrogens is 228 g/mol. The first-order valence-corrected chi connectivity index (χ1v) is 4.98. The van der Waals surface area contributed by atoms with Crippen molar-refractivity contribution in [2.24, 2.45) is 0 Å². The molecule has 0 bridgehead atoms. The van der Waals surface area contributed by atoms with Crippen LogP contribution in [-0.2, 0) is 0 Å². The fourth-order valence-electron chi connectivity index (χ4n) is 1.30. The lowest BCUT2D eigenvalue weighted by Gasteiger charge is -2.04. The first kappa shape index (κ1) is 10.7. The Hall–Kier alpha value is -1.81. The molecule has 0 amide bonds. The van der Waals surface area contributed by atoms with Crippen molar-refractivity contribution in [3.05, 3.63) is 51.9 Å². The number of hydrogen-bond acceptors (Lipinski definition) is 3. The van der Waals surface area contributed by atoms with Crippen molar-refractivity contribution in [2.45, 2.75) is 0 Å². The largest absolute Gasteiger partial charge is 0.497 e. The van der Waals surface area contributed by atoms with E-state index in [1.165, 1.54) is 16.9 Å². The van der Waals surface area contributed by atoms with E-state index in [-0.39, 0.29) is 5.56 Å². The molecule has 0 N–H and O–H groups in total. The SMILES string of the molecule is COc1ccc(-n2ncc(Cl)cc2=O)cc1. The molecule has 4 nitrogen and oxygen atoms in total. The highest BCUT2D eigenvalue weighted by molar-refractivity contribution is 6.30. The summed E-state index contributed by atoms with van der Waals surface area (Å²) in [5.74, 6) is 0.728. The molecule has 0 saturated heterocycles. The molecule has 0 atom stereocenters. The van der Waals surface area contributed by atoms with Gasteiger partial charge in [-0.2, -0.15) is 9.78 Å². The minimum atomic E-state index is -0.266. The number of rotatable bonds is 2. The van der Waals surface area contributed by atoms with Crippen molar-refractivity contribution < 1.29 is 4.74 Å². The van der Waals surface area contributed by atoms with Crippen molar-refractivity contribution in [3.63, 3.8) is 0 Å². The summed E-state index contributed by atoms with van der Waals surface area (Å²) in [6.07, 6.45) is 1.42. The lowest BCUT2D eigenvalue weighted by molar-refractivity contribution is 0.414. The highest BCUT2D eigenvalue weighted by atomic mass is 35.5. The third kappa shape index (κ3) is 2.06. The van der Waals surface area contributed by atoms with E-state index in [2.05, 4.69) is 5.10 Å². The van der Waals surface area contributed by atoms with Gasteiger partial charge in [-0.1, -0.05) is 11.6 Å². The number of nitrogens with zero attached hydrogens (tertiary/aromatic N) is 2. The Bertz CT molecular complexity index is 549. The number of ether oxygens (including phenoxy) is 1. The van der Waals surface area contributed by atoms with Crippen LogP contribution in [0, 0.1) is 0 Å². The van der Waals surface area contributed by atoms with Crippen molar-refractivity contribution in [3.8, 4) is 11.4 Å². The summed E-state index contributed by atoms with van der Waals surface area (Å²) in [7, 11) is 1.59. The number of methoxy groups -OCH3 is 1. The maximum atomic E-state index is 11.6. The first-order chi connectivity index (χ1) is 7.70. The standard InChI is InChI=1S/C11H9ClN2O2/c1-16-10-4-2-9(3-5-10)14-11(15)6-8(12)7-13-14/h2-7H,1H3. The zero-order valence-corrected chi connectivity index (χ0v) is 9.31. The molecule has 0 radical (unpaired) electrons. The molecule has 82 valence electrons. The molecule has 2 aromatic rings. The molecule has 1 heterocycles. The monoisotopic (exact) mass is 236 g/mol. The molecule has 0 aliphatic rings. The predicted octanol–water partition coefficient (Wildman–Crippen LogP) is 1.89. The lowest BCUT2D eigenvalue weighted by Crippen LogP contribution is -2.19. The molecule has 0 aliphatic heterocycles. The fourth-order valence-corrected chi connectivity index (χ4v) is 1.44. The first-order valence-electron chi connectivity index (χ1n) is 4.60. The molecule has 0 saturated carbocycles. The van der Waals surface area contributed by atoms with E-state index in [0.717, 1.165) is 5.75 Å². The van der Waals surface area contributed by atoms with Gasteiger partial charge in [0.2, 0.25) is 0 Å². The van der Waals surface area contributed by atoms with Gasteiger partial charge in [-0.3, -0.25) is 4.79 Å². The Labute approximate surface area is 97.0 Å². The predicted molar refractivity (Wildman–Crippen MR) is 61.4 cm³/mol. The van der Waals surface area contributed by atoms with Crippen LogP contribution < -0.4 is 10.3 Å². The topological polar surface area (TPSA) is 44.1 Å². The maximum absolute atomic E-state index is 11.6. The fraction of sp³-hybridized carbons (Fsp3) is 0.0909. The number of halogens is 1. The van der Waals surface area contributed by atoms with E-state index in [9.17, 15) is 4.79 Å². The molecule has 0 fully saturated rings. The average molecular weight is 237 g/mol. The van der Waals surface area contributed by atoms with E-state index in [1.807, 2.05) is 0 Å². The van der Waals surface area contributed by atoms with E-state index in [4.69, 9.17) is 16.3 Å². The number of hydrogen-bond donors (Lipinski definition) is 0. The second-order valence-electron chi connectivity index (χ2n) is 3.12. The van der Waals surface area contributed by atoms with Crippen molar-refractivity contribution >= 4 is 11.6 Å². The smallest absolute Gasteiger partial charge is 0.272 e. The van der Waals surface area contributed by atoms with Gasteiger partial charge in [0.1, 0.15) is 5.75 Å². The molecule has 0 spiro atoms. The van der Waals surface area contributed by atoms with E-state index < -0.39 is 0 Å². The van der Waals surface area contributed by atoms with Crippen LogP contribution in [0.25, 0.3) is 5.69 Å². The lowest BCUT2D eigenvalue weighted by atomic mass is 10.3. The second kappa shape index (κ2) is 4.37. The Balaban J connectivity index is 2.46. The minimum Gasteiger partial charge on any atom is -0.497 e. The summed E-state index contributed by atoms with van der Waals surface area (Å²) in [6.45, 7) is 0. The molecule has 0 aliphatic carbocycles. The van der Waals surface area contributed by atoms with Gasteiger partial charge >= 0.3 is 0 Å². The van der Waals surface area contributed by atoms with Gasteiger partial charge in [-0.05, 0) is 24.3 Å². The Morgan fingerprint density at radius 2 is 2.00 bits per heavy atom. The summed E-state index contributed by atoms with van der Waals surface area (Å²) < 4.78 is 6.29. The zero-order valence-electron chi connectivity index (χ0n) is 8.55. The van der Waals surface area contributed by atoms with Gasteiger partial charge in [0.25, 0.3) is 5.56 Å². The molecule has 0 unspecified atom stereocenters. The van der Waals surface area contributed by atoms with Crippen LogP contribution >= 0.6 is 11.6 Å². The minimum absolute atomic E-state index is 0.266. The van der Waals surface area contributed by atoms with Crippen LogP contribution in [-0.4, -0.2) is 16.9 Å². The van der Waals surface area contributed by atoms with Gasteiger partial charge in [-0.15, -0.1) is 0 Å². The molecule has 16 heavy (non-hydrogen) atoms. The van der Waals surface area contributed by atoms with Crippen molar-refractivity contribution in [1.29, 1.82) is 0 Å². The van der Waals surface area contributed by atoms with Crippen molar-refractivity contribution in [2.75, 3.05) is 7.11 Å². The zero-order chi connectivity index (χ0) is 11.5. The number of benzene rings is 1. The third-order valence-corrected chi connectivity index (χ3v) is 2.29. The summed E-state index contributed by atoms with van der Waals surface area (Å²) in [4.78, 5) is 11.6. The van der Waals surface area contributed by atoms with Crippen LogP contribution in [0.15, 0.2) is 41.3 Å². The maximum Gasteiger partial charge on any atom is 0.272 e. The molecule has 5 heteroatoms. The van der Waals surface area contributed by atoms with E-state index >= 15 is 0 Å². The second-order valence-corrected chi connectivity index (χ2v) is 3.56. The van der Waals surface area contributed by atoms with Gasteiger partial charge in [0.05, 0.1) is 24.0 Å². The van der Waals surface area contributed by atoms with Gasteiger partial charge in [0, 0.05) is 6.07 Å². The quantitative estimate of drug-likeness (QED) is 0.800. The molecule has 2 rings (SSSR count).